The van der Waals surface area contributed by atoms with Crippen molar-refractivity contribution in [3.8, 4) is 0 Å². The van der Waals surface area contributed by atoms with E-state index in [0.29, 0.717) is 5.82 Å². The van der Waals surface area contributed by atoms with Gasteiger partial charge in [-0.3, -0.25) is 9.40 Å². The average molecular weight is 280 g/mol. The maximum atomic E-state index is 12.3. The van der Waals surface area contributed by atoms with Crippen molar-refractivity contribution < 1.29 is 8.42 Å². The number of hydrogen-bond donors (Lipinski definition) is 2. The highest BCUT2D eigenvalue weighted by molar-refractivity contribution is 7.92. The molecule has 1 heterocycles. The Balaban J connectivity index is 2.46. The maximum Gasteiger partial charge on any atom is 0.265 e. The van der Waals surface area contributed by atoms with Crippen LogP contribution in [0.2, 0.25) is 0 Å². The minimum Gasteiger partial charge on any atom is -0.398 e. The topological polar surface area (TPSA) is 90.0 Å². The van der Waals surface area contributed by atoms with Crippen molar-refractivity contribution in [3.63, 3.8) is 0 Å². The van der Waals surface area contributed by atoms with Crippen molar-refractivity contribution >= 4 is 21.5 Å². The lowest BCUT2D eigenvalue weighted by molar-refractivity contribution is 0.600. The van der Waals surface area contributed by atoms with E-state index in [1.54, 1.807) is 25.2 Å². The molecule has 0 amide bonds. The van der Waals surface area contributed by atoms with E-state index in [-0.39, 0.29) is 10.6 Å². The first kappa shape index (κ1) is 13.4. The van der Waals surface area contributed by atoms with Crippen LogP contribution in [0.5, 0.6) is 0 Å². The third-order valence-electron chi connectivity index (χ3n) is 2.98. The molecule has 7 heteroatoms. The minimum absolute atomic E-state index is 0.0804. The van der Waals surface area contributed by atoms with Gasteiger partial charge >= 0.3 is 0 Å². The molecular weight excluding hydrogens is 264 g/mol. The number of sulfonamides is 1. The molecule has 0 bridgehead atoms. The summed E-state index contributed by atoms with van der Waals surface area (Å²) in [6.45, 7) is 3.73. The summed E-state index contributed by atoms with van der Waals surface area (Å²) >= 11 is 0. The van der Waals surface area contributed by atoms with Gasteiger partial charge in [0, 0.05) is 13.1 Å². The van der Waals surface area contributed by atoms with Gasteiger partial charge in [0.25, 0.3) is 10.0 Å². The predicted molar refractivity (Wildman–Crippen MR) is 74.3 cm³/mol. The highest BCUT2D eigenvalue weighted by Crippen LogP contribution is 2.24. The Hall–Kier alpha value is -2.02. The Kier molecular flexibility index (Phi) is 3.23. The number of rotatable bonds is 3. The van der Waals surface area contributed by atoms with E-state index >= 15 is 0 Å². The SMILES string of the molecule is Cc1cc(N)c(S(=O)(=O)Nc2ccnn2C)cc1C. The molecule has 0 aliphatic heterocycles. The Bertz CT molecular complexity index is 719. The van der Waals surface area contributed by atoms with Crippen LogP contribution in [0.4, 0.5) is 11.5 Å². The van der Waals surface area contributed by atoms with Gasteiger partial charge < -0.3 is 5.73 Å². The van der Waals surface area contributed by atoms with E-state index in [9.17, 15) is 8.42 Å². The predicted octanol–water partition coefficient (Wildman–Crippen LogP) is 1.42. The van der Waals surface area contributed by atoms with Gasteiger partial charge in [0.1, 0.15) is 10.7 Å². The van der Waals surface area contributed by atoms with E-state index in [2.05, 4.69) is 9.82 Å². The standard InChI is InChI=1S/C12H16N4O2S/c1-8-6-10(13)11(7-9(8)2)19(17,18)15-12-4-5-14-16(12)3/h4-7,15H,13H2,1-3H3. The molecule has 1 aromatic carbocycles. The molecule has 2 aromatic rings. The number of nitrogens with zero attached hydrogens (tertiary/aromatic N) is 2. The van der Waals surface area contributed by atoms with Crippen LogP contribution in [0.3, 0.4) is 0 Å². The summed E-state index contributed by atoms with van der Waals surface area (Å²) in [5.74, 6) is 0.387. The van der Waals surface area contributed by atoms with Gasteiger partial charge in [-0.05, 0) is 37.1 Å². The number of anilines is 2. The molecule has 0 saturated heterocycles. The zero-order chi connectivity index (χ0) is 14.2. The monoisotopic (exact) mass is 280 g/mol. The highest BCUT2D eigenvalue weighted by Gasteiger charge is 2.19. The van der Waals surface area contributed by atoms with Crippen LogP contribution >= 0.6 is 0 Å². The Morgan fingerprint density at radius 1 is 1.26 bits per heavy atom. The highest BCUT2D eigenvalue weighted by atomic mass is 32.2. The zero-order valence-corrected chi connectivity index (χ0v) is 11.8. The number of nitrogens with two attached hydrogens (primary N) is 1. The Morgan fingerprint density at radius 3 is 2.47 bits per heavy atom. The van der Waals surface area contributed by atoms with E-state index < -0.39 is 10.0 Å². The molecule has 0 fully saturated rings. The molecule has 1 aromatic heterocycles. The molecule has 6 nitrogen and oxygen atoms in total. The van der Waals surface area contributed by atoms with Crippen LogP contribution < -0.4 is 10.5 Å². The van der Waals surface area contributed by atoms with Gasteiger partial charge in [0.05, 0.1) is 11.9 Å². The summed E-state index contributed by atoms with van der Waals surface area (Å²) in [4.78, 5) is 0.0804. The third-order valence-corrected chi connectivity index (χ3v) is 4.39. The first-order valence-electron chi connectivity index (χ1n) is 5.69. The fourth-order valence-electron chi connectivity index (χ4n) is 1.71. The van der Waals surface area contributed by atoms with Gasteiger partial charge in [-0.1, -0.05) is 0 Å². The third kappa shape index (κ3) is 2.55. The molecule has 2 rings (SSSR count). The molecule has 0 radical (unpaired) electrons. The molecule has 0 aliphatic rings. The van der Waals surface area contributed by atoms with Crippen molar-refractivity contribution in [2.45, 2.75) is 18.7 Å². The second-order valence-corrected chi connectivity index (χ2v) is 6.07. The normalized spacial score (nSPS) is 11.5. The second kappa shape index (κ2) is 4.58. The lowest BCUT2D eigenvalue weighted by Crippen LogP contribution is -2.17. The van der Waals surface area contributed by atoms with Gasteiger partial charge in [-0.15, -0.1) is 0 Å². The van der Waals surface area contributed by atoms with E-state index in [0.717, 1.165) is 11.1 Å². The number of hydrogen-bond acceptors (Lipinski definition) is 4. The minimum atomic E-state index is -3.71. The largest absolute Gasteiger partial charge is 0.398 e. The molecule has 0 saturated carbocycles. The van der Waals surface area contributed by atoms with Gasteiger partial charge in [-0.25, -0.2) is 8.42 Å². The fraction of sp³-hybridized carbons (Fsp3) is 0.250. The first-order chi connectivity index (χ1) is 8.81. The smallest absolute Gasteiger partial charge is 0.265 e. The number of benzene rings is 1. The van der Waals surface area contributed by atoms with Gasteiger partial charge in [0.2, 0.25) is 0 Å². The summed E-state index contributed by atoms with van der Waals surface area (Å²) in [6.07, 6.45) is 1.52. The van der Waals surface area contributed by atoms with Crippen LogP contribution in [0.1, 0.15) is 11.1 Å². The molecular formula is C12H16N4O2S. The van der Waals surface area contributed by atoms with Gasteiger partial charge in [-0.2, -0.15) is 5.10 Å². The number of nitrogens with one attached hydrogen (secondary N) is 1. The number of nitrogen functional groups attached to an aromatic ring is 1. The van der Waals surface area contributed by atoms with Crippen LogP contribution in [-0.2, 0) is 17.1 Å². The maximum absolute atomic E-state index is 12.3. The summed E-state index contributed by atoms with van der Waals surface area (Å²) in [6, 6.07) is 4.81. The second-order valence-electron chi connectivity index (χ2n) is 4.42. The Labute approximate surface area is 112 Å². The zero-order valence-electron chi connectivity index (χ0n) is 11.0. The molecule has 102 valence electrons. The van der Waals surface area contributed by atoms with Crippen LogP contribution in [0, 0.1) is 13.8 Å². The average Bonchev–Trinajstić information content (AvgIpc) is 2.69. The van der Waals surface area contributed by atoms with Gasteiger partial charge in [0.15, 0.2) is 0 Å². The van der Waals surface area contributed by atoms with Crippen LogP contribution in [-0.4, -0.2) is 18.2 Å². The van der Waals surface area contributed by atoms with Crippen molar-refractivity contribution in [1.82, 2.24) is 9.78 Å². The summed E-state index contributed by atoms with van der Waals surface area (Å²) in [7, 11) is -2.06. The molecule has 0 unspecified atom stereocenters. The fourth-order valence-corrected chi connectivity index (χ4v) is 3.00. The summed E-state index contributed by atoms with van der Waals surface area (Å²) < 4.78 is 28.5. The van der Waals surface area contributed by atoms with Crippen LogP contribution in [0.25, 0.3) is 0 Å². The molecule has 0 aliphatic carbocycles. The molecule has 0 atom stereocenters. The molecule has 19 heavy (non-hydrogen) atoms. The van der Waals surface area contributed by atoms with Crippen molar-refractivity contribution in [1.29, 1.82) is 0 Å². The van der Waals surface area contributed by atoms with Crippen molar-refractivity contribution in [3.05, 3.63) is 35.5 Å². The molecule has 3 N–H and O–H groups in total. The number of aryl methyl sites for hydroxylation is 3. The number of aromatic nitrogens is 2. The lowest BCUT2D eigenvalue weighted by Gasteiger charge is -2.12. The first-order valence-corrected chi connectivity index (χ1v) is 7.17. The Morgan fingerprint density at radius 2 is 1.89 bits per heavy atom. The lowest BCUT2D eigenvalue weighted by atomic mass is 10.1. The van der Waals surface area contributed by atoms with E-state index in [1.807, 2.05) is 13.8 Å². The van der Waals surface area contributed by atoms with Crippen molar-refractivity contribution in [2.75, 3.05) is 10.5 Å². The summed E-state index contributed by atoms with van der Waals surface area (Å²) in [5, 5.41) is 3.91. The quantitative estimate of drug-likeness (QED) is 0.832. The van der Waals surface area contributed by atoms with E-state index in [4.69, 9.17) is 5.73 Å². The molecule has 0 spiro atoms. The summed E-state index contributed by atoms with van der Waals surface area (Å²) in [5.41, 5.74) is 7.87. The van der Waals surface area contributed by atoms with Crippen LogP contribution in [0.15, 0.2) is 29.3 Å². The van der Waals surface area contributed by atoms with E-state index in [1.165, 1.54) is 10.9 Å². The van der Waals surface area contributed by atoms with Crippen molar-refractivity contribution in [2.24, 2.45) is 7.05 Å².